The Kier molecular flexibility index (Phi) is 4.06. The number of nitrogens with zero attached hydrogens (tertiary/aromatic N) is 1. The first-order chi connectivity index (χ1) is 8.61. The van der Waals surface area contributed by atoms with E-state index in [2.05, 4.69) is 5.32 Å². The highest BCUT2D eigenvalue weighted by atomic mass is 16.5. The van der Waals surface area contributed by atoms with Gasteiger partial charge in [0.25, 0.3) is 0 Å². The Bertz CT molecular complexity index is 330. The van der Waals surface area contributed by atoms with Gasteiger partial charge in [0.1, 0.15) is 6.54 Å². The summed E-state index contributed by atoms with van der Waals surface area (Å²) in [6.07, 6.45) is 3.28. The summed E-state index contributed by atoms with van der Waals surface area (Å²) in [5, 5.41) is 11.6. The highest BCUT2D eigenvalue weighted by molar-refractivity contribution is 5.80. The van der Waals surface area contributed by atoms with Gasteiger partial charge in [-0.05, 0) is 32.1 Å². The second-order valence-corrected chi connectivity index (χ2v) is 4.93. The lowest BCUT2D eigenvalue weighted by atomic mass is 10.1. The Morgan fingerprint density at radius 3 is 2.67 bits per heavy atom. The maximum Gasteiger partial charge on any atom is 0.323 e. The van der Waals surface area contributed by atoms with E-state index in [0.717, 1.165) is 6.42 Å². The van der Waals surface area contributed by atoms with E-state index in [-0.39, 0.29) is 24.7 Å². The molecular formula is C12H20N2O4. The van der Waals surface area contributed by atoms with Crippen molar-refractivity contribution in [1.82, 2.24) is 10.2 Å². The molecule has 1 aliphatic carbocycles. The molecule has 18 heavy (non-hydrogen) atoms. The van der Waals surface area contributed by atoms with Gasteiger partial charge in [0, 0.05) is 13.2 Å². The van der Waals surface area contributed by atoms with Crippen molar-refractivity contribution in [3.05, 3.63) is 0 Å². The molecule has 0 spiro atoms. The van der Waals surface area contributed by atoms with Gasteiger partial charge in [0.15, 0.2) is 0 Å². The number of urea groups is 1. The predicted octanol–water partition coefficient (Wildman–Crippen LogP) is 0.670. The van der Waals surface area contributed by atoms with Crippen LogP contribution in [0.2, 0.25) is 0 Å². The van der Waals surface area contributed by atoms with Crippen molar-refractivity contribution in [3.63, 3.8) is 0 Å². The molecular weight excluding hydrogens is 236 g/mol. The van der Waals surface area contributed by atoms with E-state index in [1.807, 2.05) is 0 Å². The second-order valence-electron chi connectivity index (χ2n) is 4.93. The van der Waals surface area contributed by atoms with Gasteiger partial charge in [-0.1, -0.05) is 0 Å². The van der Waals surface area contributed by atoms with Crippen LogP contribution in [0, 0.1) is 5.92 Å². The lowest BCUT2D eigenvalue weighted by Gasteiger charge is -2.24. The molecule has 2 rings (SSSR count). The molecule has 0 aromatic carbocycles. The summed E-state index contributed by atoms with van der Waals surface area (Å²) in [6.45, 7) is 2.58. The number of aliphatic carboxylic acids is 1. The number of carboxylic acids is 1. The zero-order valence-corrected chi connectivity index (χ0v) is 10.6. The summed E-state index contributed by atoms with van der Waals surface area (Å²) in [4.78, 5) is 23.9. The molecule has 2 fully saturated rings. The van der Waals surface area contributed by atoms with E-state index in [1.54, 1.807) is 6.92 Å². The third-order valence-corrected chi connectivity index (χ3v) is 3.53. The summed E-state index contributed by atoms with van der Waals surface area (Å²) in [5.41, 5.74) is 0. The van der Waals surface area contributed by atoms with Crippen molar-refractivity contribution in [2.75, 3.05) is 19.7 Å². The fourth-order valence-corrected chi connectivity index (χ4v) is 2.40. The lowest BCUT2D eigenvalue weighted by Crippen LogP contribution is -2.49. The zero-order valence-electron chi connectivity index (χ0n) is 10.6. The largest absolute Gasteiger partial charge is 0.480 e. The third kappa shape index (κ3) is 3.13. The van der Waals surface area contributed by atoms with Gasteiger partial charge < -0.3 is 20.1 Å². The molecule has 2 aliphatic rings. The summed E-state index contributed by atoms with van der Waals surface area (Å²) in [7, 11) is 0. The molecule has 2 unspecified atom stereocenters. The van der Waals surface area contributed by atoms with E-state index < -0.39 is 5.97 Å². The normalized spacial score (nSPS) is 26.9. The number of carbonyl (C=O) groups is 2. The third-order valence-electron chi connectivity index (χ3n) is 3.53. The molecule has 1 saturated heterocycles. The van der Waals surface area contributed by atoms with E-state index in [0.29, 0.717) is 19.1 Å². The van der Waals surface area contributed by atoms with Crippen LogP contribution in [0.3, 0.4) is 0 Å². The fourth-order valence-electron chi connectivity index (χ4n) is 2.40. The minimum atomic E-state index is -0.992. The molecule has 6 heteroatoms. The lowest BCUT2D eigenvalue weighted by molar-refractivity contribution is -0.137. The Labute approximate surface area is 106 Å². The number of likely N-dealkylation sites (N-methyl/N-ethyl adjacent to an activating group) is 1. The van der Waals surface area contributed by atoms with Crippen LogP contribution in [0.1, 0.15) is 26.2 Å². The average Bonchev–Trinajstić information content (AvgIpc) is 3.07. The molecule has 0 aromatic heterocycles. The first-order valence-electron chi connectivity index (χ1n) is 6.50. The van der Waals surface area contributed by atoms with Crippen LogP contribution in [-0.4, -0.2) is 53.8 Å². The molecule has 1 aliphatic heterocycles. The Hall–Kier alpha value is -1.30. The molecule has 0 bridgehead atoms. The van der Waals surface area contributed by atoms with Gasteiger partial charge in [-0.3, -0.25) is 4.79 Å². The van der Waals surface area contributed by atoms with Crippen LogP contribution in [0.25, 0.3) is 0 Å². The molecule has 2 amide bonds. The molecule has 2 atom stereocenters. The van der Waals surface area contributed by atoms with E-state index in [9.17, 15) is 9.59 Å². The van der Waals surface area contributed by atoms with Crippen LogP contribution in [0.15, 0.2) is 0 Å². The van der Waals surface area contributed by atoms with Crippen LogP contribution < -0.4 is 5.32 Å². The SMILES string of the molecule is CCN(CC(=O)O)C(=O)NC1CCOC1C1CC1. The number of rotatable bonds is 5. The van der Waals surface area contributed by atoms with Gasteiger partial charge >= 0.3 is 12.0 Å². The molecule has 0 aromatic rings. The van der Waals surface area contributed by atoms with Crippen LogP contribution in [0.5, 0.6) is 0 Å². The monoisotopic (exact) mass is 256 g/mol. The molecule has 2 N–H and O–H groups in total. The maximum atomic E-state index is 12.0. The standard InChI is InChI=1S/C12H20N2O4/c1-2-14(7-10(15)16)12(17)13-9-5-6-18-11(9)8-3-4-8/h8-9,11H,2-7H2,1H3,(H,13,17)(H,15,16). The van der Waals surface area contributed by atoms with Gasteiger partial charge in [0.05, 0.1) is 12.1 Å². The number of hydrogen-bond donors (Lipinski definition) is 2. The van der Waals surface area contributed by atoms with Gasteiger partial charge in [0.2, 0.25) is 0 Å². The van der Waals surface area contributed by atoms with Crippen molar-refractivity contribution < 1.29 is 19.4 Å². The van der Waals surface area contributed by atoms with Crippen LogP contribution in [0.4, 0.5) is 4.79 Å². The van der Waals surface area contributed by atoms with Gasteiger partial charge in [-0.15, -0.1) is 0 Å². The number of ether oxygens (including phenoxy) is 1. The maximum absolute atomic E-state index is 12.0. The molecule has 6 nitrogen and oxygen atoms in total. The van der Waals surface area contributed by atoms with Crippen LogP contribution >= 0.6 is 0 Å². The minimum Gasteiger partial charge on any atom is -0.480 e. The van der Waals surface area contributed by atoms with Crippen LogP contribution in [-0.2, 0) is 9.53 Å². The number of carboxylic acid groups (broad SMARTS) is 1. The van der Waals surface area contributed by atoms with Crippen molar-refractivity contribution in [3.8, 4) is 0 Å². The number of carbonyl (C=O) groups excluding carboxylic acids is 1. The van der Waals surface area contributed by atoms with E-state index in [4.69, 9.17) is 9.84 Å². The Morgan fingerprint density at radius 2 is 2.11 bits per heavy atom. The first kappa shape index (κ1) is 13.1. The minimum absolute atomic E-state index is 0.0350. The summed E-state index contributed by atoms with van der Waals surface area (Å²) in [5.74, 6) is -0.416. The van der Waals surface area contributed by atoms with Gasteiger partial charge in [-0.25, -0.2) is 4.79 Å². The van der Waals surface area contributed by atoms with Crippen molar-refractivity contribution in [1.29, 1.82) is 0 Å². The van der Waals surface area contributed by atoms with Crippen molar-refractivity contribution in [2.45, 2.75) is 38.3 Å². The number of hydrogen-bond acceptors (Lipinski definition) is 3. The molecule has 1 saturated carbocycles. The predicted molar refractivity (Wildman–Crippen MR) is 64.3 cm³/mol. The van der Waals surface area contributed by atoms with E-state index >= 15 is 0 Å². The van der Waals surface area contributed by atoms with Gasteiger partial charge in [-0.2, -0.15) is 0 Å². The Morgan fingerprint density at radius 1 is 1.39 bits per heavy atom. The first-order valence-corrected chi connectivity index (χ1v) is 6.50. The zero-order chi connectivity index (χ0) is 13.1. The second kappa shape index (κ2) is 5.56. The highest BCUT2D eigenvalue weighted by Crippen LogP contribution is 2.38. The fraction of sp³-hybridized carbons (Fsp3) is 0.833. The van der Waals surface area contributed by atoms with Crippen molar-refractivity contribution >= 4 is 12.0 Å². The average molecular weight is 256 g/mol. The quantitative estimate of drug-likeness (QED) is 0.757. The molecule has 1 heterocycles. The Balaban J connectivity index is 1.86. The topological polar surface area (TPSA) is 78.9 Å². The smallest absolute Gasteiger partial charge is 0.323 e. The molecule has 102 valence electrons. The summed E-state index contributed by atoms with van der Waals surface area (Å²) in [6, 6.07) is -0.270. The number of nitrogens with one attached hydrogen (secondary N) is 1. The van der Waals surface area contributed by atoms with Crippen molar-refractivity contribution in [2.24, 2.45) is 5.92 Å². The molecule has 0 radical (unpaired) electrons. The van der Waals surface area contributed by atoms with E-state index in [1.165, 1.54) is 17.7 Å². The highest BCUT2D eigenvalue weighted by Gasteiger charge is 2.41. The summed E-state index contributed by atoms with van der Waals surface area (Å²) < 4.78 is 5.64. The number of amides is 2. The summed E-state index contributed by atoms with van der Waals surface area (Å²) >= 11 is 0.